The Morgan fingerprint density at radius 2 is 2.24 bits per heavy atom. The number of likely N-dealkylation sites (tertiary alicyclic amines) is 1. The van der Waals surface area contributed by atoms with Crippen LogP contribution in [0, 0.1) is 0 Å². The highest BCUT2D eigenvalue weighted by Crippen LogP contribution is 2.23. The van der Waals surface area contributed by atoms with Gasteiger partial charge in [-0.05, 0) is 51.4 Å². The van der Waals surface area contributed by atoms with E-state index < -0.39 is 0 Å². The molecule has 17 heavy (non-hydrogen) atoms. The zero-order valence-corrected chi connectivity index (χ0v) is 11.9. The Hall–Kier alpha value is -0.380. The van der Waals surface area contributed by atoms with Crippen LogP contribution in [-0.4, -0.2) is 24.0 Å². The summed E-state index contributed by atoms with van der Waals surface area (Å²) in [5.74, 6) is 0. The Bertz CT molecular complexity index is 335. The third-order valence-corrected chi connectivity index (χ3v) is 4.56. The molecule has 0 aromatic carbocycles. The lowest BCUT2D eigenvalue weighted by atomic mass is 10.2. The van der Waals surface area contributed by atoms with Crippen molar-refractivity contribution in [2.24, 2.45) is 0 Å². The maximum Gasteiger partial charge on any atom is 0.0330 e. The maximum absolute atomic E-state index is 3.46. The molecule has 1 saturated heterocycles. The number of thiophene rings is 1. The number of nitrogens with zero attached hydrogens (tertiary/aromatic N) is 1. The molecule has 1 unspecified atom stereocenters. The average Bonchev–Trinajstić information content (AvgIpc) is 2.91. The van der Waals surface area contributed by atoms with Gasteiger partial charge in [-0.25, -0.2) is 0 Å². The van der Waals surface area contributed by atoms with Gasteiger partial charge in [-0.2, -0.15) is 0 Å². The number of nitrogens with one attached hydrogen (secondary N) is 1. The topological polar surface area (TPSA) is 15.3 Å². The molecule has 1 fully saturated rings. The second-order valence-corrected chi connectivity index (χ2v) is 6.26. The lowest BCUT2D eigenvalue weighted by Crippen LogP contribution is -2.25. The highest BCUT2D eigenvalue weighted by atomic mass is 32.1. The van der Waals surface area contributed by atoms with E-state index in [0.717, 1.165) is 25.7 Å². The van der Waals surface area contributed by atoms with Crippen molar-refractivity contribution in [2.45, 2.75) is 52.2 Å². The summed E-state index contributed by atoms with van der Waals surface area (Å²) in [5.41, 5.74) is 0. The van der Waals surface area contributed by atoms with Gasteiger partial charge in [-0.3, -0.25) is 4.90 Å². The second-order valence-electron chi connectivity index (χ2n) is 5.01. The molecule has 0 spiro atoms. The van der Waals surface area contributed by atoms with Crippen LogP contribution in [0.1, 0.15) is 42.9 Å². The summed E-state index contributed by atoms with van der Waals surface area (Å²) in [4.78, 5) is 5.60. The normalized spacial score (nSPS) is 21.2. The van der Waals surface area contributed by atoms with Crippen LogP contribution in [0.15, 0.2) is 12.1 Å². The van der Waals surface area contributed by atoms with Crippen molar-refractivity contribution in [3.05, 3.63) is 21.9 Å². The summed E-state index contributed by atoms with van der Waals surface area (Å²) in [7, 11) is 0. The van der Waals surface area contributed by atoms with E-state index in [-0.39, 0.29) is 0 Å². The Labute approximate surface area is 109 Å². The average molecular weight is 252 g/mol. The van der Waals surface area contributed by atoms with Crippen molar-refractivity contribution in [3.8, 4) is 0 Å². The summed E-state index contributed by atoms with van der Waals surface area (Å²) < 4.78 is 0. The molecule has 0 radical (unpaired) electrons. The Kier molecular flexibility index (Phi) is 5.01. The van der Waals surface area contributed by atoms with Crippen molar-refractivity contribution >= 4 is 11.3 Å². The number of hydrogen-bond acceptors (Lipinski definition) is 3. The molecule has 1 aliphatic heterocycles. The zero-order chi connectivity index (χ0) is 12.1. The van der Waals surface area contributed by atoms with Crippen LogP contribution in [-0.2, 0) is 13.1 Å². The van der Waals surface area contributed by atoms with Crippen LogP contribution >= 0.6 is 11.3 Å². The molecule has 0 bridgehead atoms. The van der Waals surface area contributed by atoms with Crippen LogP contribution in [0.5, 0.6) is 0 Å². The van der Waals surface area contributed by atoms with Crippen LogP contribution in [0.25, 0.3) is 0 Å². The largest absolute Gasteiger partial charge is 0.312 e. The first-order chi connectivity index (χ1) is 8.29. The molecule has 1 aromatic rings. The fourth-order valence-corrected chi connectivity index (χ4v) is 3.43. The third-order valence-electron chi connectivity index (χ3n) is 3.49. The van der Waals surface area contributed by atoms with E-state index in [2.05, 4.69) is 36.2 Å². The minimum atomic E-state index is 0.777. The first-order valence-electron chi connectivity index (χ1n) is 6.82. The van der Waals surface area contributed by atoms with E-state index in [1.54, 1.807) is 0 Å². The van der Waals surface area contributed by atoms with Crippen LogP contribution < -0.4 is 5.32 Å². The van der Waals surface area contributed by atoms with E-state index in [1.807, 2.05) is 11.3 Å². The highest BCUT2D eigenvalue weighted by molar-refractivity contribution is 7.11. The molecular formula is C14H24N2S. The van der Waals surface area contributed by atoms with Crippen molar-refractivity contribution in [2.75, 3.05) is 13.1 Å². The Balaban J connectivity index is 1.81. The molecule has 0 aliphatic carbocycles. The summed E-state index contributed by atoms with van der Waals surface area (Å²) >= 11 is 1.97. The van der Waals surface area contributed by atoms with Gasteiger partial charge in [0.25, 0.3) is 0 Å². The number of rotatable bonds is 6. The quantitative estimate of drug-likeness (QED) is 0.782. The van der Waals surface area contributed by atoms with Crippen LogP contribution in [0.2, 0.25) is 0 Å². The molecule has 1 atom stereocenters. The molecular weight excluding hydrogens is 228 g/mol. The maximum atomic E-state index is 3.46. The SMILES string of the molecule is CCCNCc1ccc(CN2CCCC2C)s1. The van der Waals surface area contributed by atoms with E-state index in [1.165, 1.54) is 35.6 Å². The predicted molar refractivity (Wildman–Crippen MR) is 75.4 cm³/mol. The molecule has 2 rings (SSSR count). The monoisotopic (exact) mass is 252 g/mol. The predicted octanol–water partition coefficient (Wildman–Crippen LogP) is 3.23. The minimum absolute atomic E-state index is 0.777. The van der Waals surface area contributed by atoms with Crippen LogP contribution in [0.4, 0.5) is 0 Å². The van der Waals surface area contributed by atoms with Crippen LogP contribution in [0.3, 0.4) is 0 Å². The van der Waals surface area contributed by atoms with Gasteiger partial charge in [0, 0.05) is 28.9 Å². The smallest absolute Gasteiger partial charge is 0.0330 e. The van der Waals surface area contributed by atoms with Crippen molar-refractivity contribution in [1.29, 1.82) is 0 Å². The fraction of sp³-hybridized carbons (Fsp3) is 0.714. The van der Waals surface area contributed by atoms with Gasteiger partial charge in [0.1, 0.15) is 0 Å². The van der Waals surface area contributed by atoms with Crippen molar-refractivity contribution in [1.82, 2.24) is 10.2 Å². The van der Waals surface area contributed by atoms with Gasteiger partial charge >= 0.3 is 0 Å². The summed E-state index contributed by atoms with van der Waals surface area (Å²) in [6, 6.07) is 5.36. The molecule has 0 saturated carbocycles. The standard InChI is InChI=1S/C14H24N2S/c1-3-8-15-10-13-6-7-14(17-13)11-16-9-4-5-12(16)2/h6-7,12,15H,3-5,8-11H2,1-2H3. The first kappa shape index (κ1) is 13.1. The molecule has 2 heterocycles. The highest BCUT2D eigenvalue weighted by Gasteiger charge is 2.20. The number of hydrogen-bond donors (Lipinski definition) is 1. The molecule has 1 N–H and O–H groups in total. The molecule has 0 amide bonds. The minimum Gasteiger partial charge on any atom is -0.312 e. The second kappa shape index (κ2) is 6.53. The molecule has 2 nitrogen and oxygen atoms in total. The van der Waals surface area contributed by atoms with Gasteiger partial charge in [0.15, 0.2) is 0 Å². The van der Waals surface area contributed by atoms with Gasteiger partial charge in [0.2, 0.25) is 0 Å². The van der Waals surface area contributed by atoms with Gasteiger partial charge < -0.3 is 5.32 Å². The Morgan fingerprint density at radius 1 is 1.41 bits per heavy atom. The molecule has 1 aromatic heterocycles. The van der Waals surface area contributed by atoms with Gasteiger partial charge in [0.05, 0.1) is 0 Å². The molecule has 3 heteroatoms. The summed E-state index contributed by atoms with van der Waals surface area (Å²) in [5, 5.41) is 3.46. The summed E-state index contributed by atoms with van der Waals surface area (Å²) in [6.07, 6.45) is 3.96. The lowest BCUT2D eigenvalue weighted by Gasteiger charge is -2.19. The molecule has 1 aliphatic rings. The molecule has 96 valence electrons. The first-order valence-corrected chi connectivity index (χ1v) is 7.63. The van der Waals surface area contributed by atoms with Crippen molar-refractivity contribution in [3.63, 3.8) is 0 Å². The van der Waals surface area contributed by atoms with E-state index >= 15 is 0 Å². The van der Waals surface area contributed by atoms with E-state index in [0.29, 0.717) is 0 Å². The zero-order valence-electron chi connectivity index (χ0n) is 11.0. The van der Waals surface area contributed by atoms with Gasteiger partial charge in [-0.1, -0.05) is 6.92 Å². The van der Waals surface area contributed by atoms with Gasteiger partial charge in [-0.15, -0.1) is 11.3 Å². The fourth-order valence-electron chi connectivity index (χ4n) is 2.42. The lowest BCUT2D eigenvalue weighted by molar-refractivity contribution is 0.262. The third kappa shape index (κ3) is 3.80. The Morgan fingerprint density at radius 3 is 2.94 bits per heavy atom. The van der Waals surface area contributed by atoms with E-state index in [4.69, 9.17) is 0 Å². The van der Waals surface area contributed by atoms with Crippen molar-refractivity contribution < 1.29 is 0 Å². The van der Waals surface area contributed by atoms with E-state index in [9.17, 15) is 0 Å². The summed E-state index contributed by atoms with van der Waals surface area (Å²) in [6.45, 7) is 9.15.